The van der Waals surface area contributed by atoms with E-state index in [1.54, 1.807) is 51.4 Å². The van der Waals surface area contributed by atoms with Crippen LogP contribution in [0.2, 0.25) is 0 Å². The Morgan fingerprint density at radius 3 is 2.29 bits per heavy atom. The van der Waals surface area contributed by atoms with Crippen LogP contribution in [0.15, 0.2) is 47.4 Å². The summed E-state index contributed by atoms with van der Waals surface area (Å²) >= 11 is 0. The molecule has 1 aliphatic rings. The maximum atomic E-state index is 13.6. The van der Waals surface area contributed by atoms with Gasteiger partial charge < -0.3 is 19.6 Å². The van der Waals surface area contributed by atoms with E-state index in [0.29, 0.717) is 17.9 Å². The van der Waals surface area contributed by atoms with Crippen LogP contribution in [0.4, 0.5) is 0 Å². The van der Waals surface area contributed by atoms with Crippen molar-refractivity contribution in [2.24, 2.45) is 5.92 Å². The van der Waals surface area contributed by atoms with E-state index in [9.17, 15) is 18.3 Å². The first kappa shape index (κ1) is 26.2. The Labute approximate surface area is 202 Å². The van der Waals surface area contributed by atoms with Gasteiger partial charge in [-0.2, -0.15) is 4.31 Å². The minimum absolute atomic E-state index is 0.0854. The fourth-order valence-corrected chi connectivity index (χ4v) is 5.87. The van der Waals surface area contributed by atoms with Crippen LogP contribution < -0.4 is 4.74 Å². The SMILES string of the molecule is C[C@H]1CN([C@@H](C)CO)S(=O)(=O)c2ccc(-c3ccc(C(=O)N(C)C)cc3)cc2O[C@H]1CN(C)C. The zero-order chi connectivity index (χ0) is 25.2. The molecule has 2 aromatic rings. The highest BCUT2D eigenvalue weighted by molar-refractivity contribution is 7.89. The molecule has 186 valence electrons. The molecule has 1 aliphatic heterocycles. The molecule has 0 saturated carbocycles. The average molecular weight is 490 g/mol. The van der Waals surface area contributed by atoms with E-state index in [0.717, 1.165) is 11.1 Å². The van der Waals surface area contributed by atoms with Gasteiger partial charge in [-0.1, -0.05) is 25.1 Å². The highest BCUT2D eigenvalue weighted by Gasteiger charge is 2.38. The summed E-state index contributed by atoms with van der Waals surface area (Å²) in [5.41, 5.74) is 2.21. The number of likely N-dealkylation sites (N-methyl/N-ethyl adjacent to an activating group) is 1. The number of aliphatic hydroxyl groups excluding tert-OH is 1. The monoisotopic (exact) mass is 489 g/mol. The van der Waals surface area contributed by atoms with Crippen molar-refractivity contribution < 1.29 is 23.1 Å². The number of carbonyl (C=O) groups excluding carboxylic acids is 1. The van der Waals surface area contributed by atoms with Crippen molar-refractivity contribution in [3.63, 3.8) is 0 Å². The van der Waals surface area contributed by atoms with Crippen molar-refractivity contribution in [3.05, 3.63) is 48.0 Å². The summed E-state index contributed by atoms with van der Waals surface area (Å²) < 4.78 is 34.9. The molecule has 9 heteroatoms. The van der Waals surface area contributed by atoms with Crippen LogP contribution in [0.1, 0.15) is 24.2 Å². The van der Waals surface area contributed by atoms with E-state index >= 15 is 0 Å². The molecule has 2 aromatic carbocycles. The van der Waals surface area contributed by atoms with Crippen LogP contribution >= 0.6 is 0 Å². The molecule has 0 fully saturated rings. The van der Waals surface area contributed by atoms with Gasteiger partial charge in [-0.05, 0) is 56.4 Å². The summed E-state index contributed by atoms with van der Waals surface area (Å²) in [4.78, 5) is 15.8. The Hall–Kier alpha value is -2.46. The van der Waals surface area contributed by atoms with Gasteiger partial charge in [-0.15, -0.1) is 0 Å². The molecule has 0 aliphatic carbocycles. The second-order valence-corrected chi connectivity index (χ2v) is 11.3. The number of hydrogen-bond acceptors (Lipinski definition) is 6. The molecule has 0 bridgehead atoms. The summed E-state index contributed by atoms with van der Waals surface area (Å²) in [5.74, 6) is 0.108. The molecule has 0 radical (unpaired) electrons. The molecule has 1 N–H and O–H groups in total. The Kier molecular flexibility index (Phi) is 8.02. The second-order valence-electron chi connectivity index (χ2n) is 9.44. The van der Waals surface area contributed by atoms with Crippen LogP contribution in [0.3, 0.4) is 0 Å². The lowest BCUT2D eigenvalue weighted by atomic mass is 10.0. The van der Waals surface area contributed by atoms with Crippen molar-refractivity contribution in [2.75, 3.05) is 47.9 Å². The number of hydrogen-bond donors (Lipinski definition) is 1. The quantitative estimate of drug-likeness (QED) is 0.670. The predicted octanol–water partition coefficient (Wildman–Crippen LogP) is 2.39. The first-order chi connectivity index (χ1) is 15.9. The number of amides is 1. The molecular formula is C25H35N3O5S. The number of carbonyl (C=O) groups is 1. The second kappa shape index (κ2) is 10.4. The van der Waals surface area contributed by atoms with Gasteiger partial charge in [0.2, 0.25) is 10.0 Å². The lowest BCUT2D eigenvalue weighted by molar-refractivity contribution is 0.0812. The number of rotatable bonds is 6. The fourth-order valence-electron chi connectivity index (χ4n) is 4.05. The highest BCUT2D eigenvalue weighted by Crippen LogP contribution is 2.36. The number of fused-ring (bicyclic) bond motifs is 1. The van der Waals surface area contributed by atoms with Crippen molar-refractivity contribution in [3.8, 4) is 16.9 Å². The van der Waals surface area contributed by atoms with E-state index in [1.165, 1.54) is 9.21 Å². The van der Waals surface area contributed by atoms with E-state index in [4.69, 9.17) is 4.74 Å². The van der Waals surface area contributed by atoms with Crippen LogP contribution in [-0.2, 0) is 10.0 Å². The van der Waals surface area contributed by atoms with Gasteiger partial charge in [0.15, 0.2) is 0 Å². The van der Waals surface area contributed by atoms with Crippen molar-refractivity contribution >= 4 is 15.9 Å². The van der Waals surface area contributed by atoms with Gasteiger partial charge in [0.25, 0.3) is 5.91 Å². The molecule has 0 unspecified atom stereocenters. The number of nitrogens with zero attached hydrogens (tertiary/aromatic N) is 3. The molecule has 1 heterocycles. The van der Waals surface area contributed by atoms with Crippen LogP contribution in [-0.4, -0.2) is 93.6 Å². The third-order valence-corrected chi connectivity index (χ3v) is 8.10. The average Bonchev–Trinajstić information content (AvgIpc) is 2.79. The molecule has 1 amide bonds. The predicted molar refractivity (Wildman–Crippen MR) is 132 cm³/mol. The molecule has 34 heavy (non-hydrogen) atoms. The minimum Gasteiger partial charge on any atom is -0.487 e. The largest absolute Gasteiger partial charge is 0.487 e. The van der Waals surface area contributed by atoms with Gasteiger partial charge in [0, 0.05) is 44.7 Å². The van der Waals surface area contributed by atoms with Crippen LogP contribution in [0.25, 0.3) is 11.1 Å². The smallest absolute Gasteiger partial charge is 0.253 e. The maximum Gasteiger partial charge on any atom is 0.253 e. The Bertz CT molecular complexity index is 1120. The molecule has 0 spiro atoms. The zero-order valence-corrected chi connectivity index (χ0v) is 21.5. The van der Waals surface area contributed by atoms with Gasteiger partial charge in [-0.3, -0.25) is 4.79 Å². The van der Waals surface area contributed by atoms with Crippen molar-refractivity contribution in [1.29, 1.82) is 0 Å². The van der Waals surface area contributed by atoms with Crippen molar-refractivity contribution in [2.45, 2.75) is 30.9 Å². The standard InChI is InChI=1S/C25H35N3O5S/c1-17-14-28(18(2)16-29)34(31,32)24-12-11-21(13-22(24)33-23(17)15-26(3)4)19-7-9-20(10-8-19)25(30)27(5)6/h7-13,17-18,23,29H,14-16H2,1-6H3/t17-,18-,23-/m0/s1. The van der Waals surface area contributed by atoms with Gasteiger partial charge >= 0.3 is 0 Å². The Morgan fingerprint density at radius 1 is 1.12 bits per heavy atom. The topological polar surface area (TPSA) is 90.4 Å². The van der Waals surface area contributed by atoms with E-state index in [2.05, 4.69) is 0 Å². The number of aliphatic hydroxyl groups is 1. The first-order valence-corrected chi connectivity index (χ1v) is 12.8. The first-order valence-electron chi connectivity index (χ1n) is 11.4. The van der Waals surface area contributed by atoms with Crippen LogP contribution in [0, 0.1) is 5.92 Å². The summed E-state index contributed by atoms with van der Waals surface area (Å²) in [6.07, 6.45) is -0.243. The third kappa shape index (κ3) is 5.43. The van der Waals surface area contributed by atoms with E-state index in [1.807, 2.05) is 38.1 Å². The van der Waals surface area contributed by atoms with Crippen LogP contribution in [0.5, 0.6) is 5.75 Å². The molecule has 0 saturated heterocycles. The minimum atomic E-state index is -3.88. The summed E-state index contributed by atoms with van der Waals surface area (Å²) in [5, 5.41) is 9.74. The van der Waals surface area contributed by atoms with Crippen molar-refractivity contribution in [1.82, 2.24) is 14.1 Å². The molecule has 0 aromatic heterocycles. The summed E-state index contributed by atoms with van der Waals surface area (Å²) in [7, 11) is 3.43. The van der Waals surface area contributed by atoms with Gasteiger partial charge in [0.1, 0.15) is 16.7 Å². The van der Waals surface area contributed by atoms with E-state index in [-0.39, 0.29) is 36.0 Å². The summed E-state index contributed by atoms with van der Waals surface area (Å²) in [6, 6.07) is 11.7. The molecular weight excluding hydrogens is 454 g/mol. The highest BCUT2D eigenvalue weighted by atomic mass is 32.2. The molecule has 3 atom stereocenters. The number of benzene rings is 2. The number of sulfonamides is 1. The fraction of sp³-hybridized carbons (Fsp3) is 0.480. The Balaban J connectivity index is 2.09. The van der Waals surface area contributed by atoms with E-state index < -0.39 is 16.1 Å². The van der Waals surface area contributed by atoms with Gasteiger partial charge in [0.05, 0.1) is 6.61 Å². The lowest BCUT2D eigenvalue weighted by Gasteiger charge is -2.37. The Morgan fingerprint density at radius 2 is 1.74 bits per heavy atom. The summed E-state index contributed by atoms with van der Waals surface area (Å²) in [6.45, 7) is 4.28. The maximum absolute atomic E-state index is 13.6. The number of ether oxygens (including phenoxy) is 1. The lowest BCUT2D eigenvalue weighted by Crippen LogP contribution is -2.49. The normalized spacial score (nSPS) is 21.2. The third-order valence-electron chi connectivity index (χ3n) is 6.08. The van der Waals surface area contributed by atoms with Gasteiger partial charge in [-0.25, -0.2) is 8.42 Å². The zero-order valence-electron chi connectivity index (χ0n) is 20.7. The molecule has 3 rings (SSSR count). The molecule has 8 nitrogen and oxygen atoms in total.